The van der Waals surface area contributed by atoms with E-state index in [0.29, 0.717) is 38.8 Å². The van der Waals surface area contributed by atoms with E-state index in [1.807, 2.05) is 36.6 Å². The van der Waals surface area contributed by atoms with Gasteiger partial charge in [0.15, 0.2) is 11.0 Å². The summed E-state index contributed by atoms with van der Waals surface area (Å²) in [6.07, 6.45) is 0. The Balaban J connectivity index is 1.62. The van der Waals surface area contributed by atoms with Crippen molar-refractivity contribution < 1.29 is 9.59 Å². The summed E-state index contributed by atoms with van der Waals surface area (Å²) >= 11 is 13.2. The lowest BCUT2D eigenvalue weighted by atomic mass is 10.2. The van der Waals surface area contributed by atoms with Gasteiger partial charge in [0.05, 0.1) is 11.8 Å². The maximum atomic E-state index is 12.4. The molecule has 10 heteroatoms. The number of amides is 2. The molecule has 0 radical (unpaired) electrons. The Bertz CT molecular complexity index is 1050. The number of hydrogen-bond acceptors (Lipinski definition) is 5. The van der Waals surface area contributed by atoms with E-state index in [0.717, 1.165) is 0 Å². The summed E-state index contributed by atoms with van der Waals surface area (Å²) in [4.78, 5) is 24.7. The second-order valence-corrected chi connectivity index (χ2v) is 8.46. The van der Waals surface area contributed by atoms with E-state index in [9.17, 15) is 9.59 Å². The summed E-state index contributed by atoms with van der Waals surface area (Å²) in [6.45, 7) is 4.40. The average molecular weight is 478 g/mol. The number of nitrogens with zero attached hydrogens (tertiary/aromatic N) is 3. The molecule has 0 saturated carbocycles. The second kappa shape index (κ2) is 10.7. The summed E-state index contributed by atoms with van der Waals surface area (Å²) in [5.74, 6) is 0.345. The van der Waals surface area contributed by atoms with Gasteiger partial charge in [-0.2, -0.15) is 0 Å². The van der Waals surface area contributed by atoms with E-state index in [-0.39, 0.29) is 23.6 Å². The zero-order valence-electron chi connectivity index (χ0n) is 16.9. The Morgan fingerprint density at radius 3 is 2.42 bits per heavy atom. The molecule has 0 aliphatic rings. The number of thioether (sulfide) groups is 1. The Labute approximate surface area is 194 Å². The third kappa shape index (κ3) is 6.22. The van der Waals surface area contributed by atoms with E-state index < -0.39 is 0 Å². The van der Waals surface area contributed by atoms with Gasteiger partial charge in [-0.3, -0.25) is 9.59 Å². The highest BCUT2D eigenvalue weighted by molar-refractivity contribution is 7.99. The van der Waals surface area contributed by atoms with Crippen molar-refractivity contribution in [2.45, 2.75) is 31.6 Å². The van der Waals surface area contributed by atoms with Crippen molar-refractivity contribution in [1.29, 1.82) is 0 Å². The molecular weight excluding hydrogens is 457 g/mol. The van der Waals surface area contributed by atoms with Gasteiger partial charge in [-0.25, -0.2) is 0 Å². The van der Waals surface area contributed by atoms with Crippen LogP contribution in [-0.2, 0) is 11.3 Å². The Kier molecular flexibility index (Phi) is 7.95. The lowest BCUT2D eigenvalue weighted by Gasteiger charge is -2.15. The molecule has 1 atom stereocenters. The summed E-state index contributed by atoms with van der Waals surface area (Å²) in [6, 6.07) is 13.5. The molecule has 3 rings (SSSR count). The van der Waals surface area contributed by atoms with E-state index in [1.54, 1.807) is 30.3 Å². The van der Waals surface area contributed by atoms with Crippen LogP contribution in [0.4, 0.5) is 5.69 Å². The fourth-order valence-corrected chi connectivity index (χ4v) is 4.25. The Morgan fingerprint density at radius 2 is 1.77 bits per heavy atom. The van der Waals surface area contributed by atoms with Crippen molar-refractivity contribution in [3.8, 4) is 0 Å². The molecule has 0 unspecified atom stereocenters. The fourth-order valence-electron chi connectivity index (χ4n) is 2.91. The first-order valence-electron chi connectivity index (χ1n) is 9.55. The summed E-state index contributed by atoms with van der Waals surface area (Å²) in [5.41, 5.74) is 1.10. The Morgan fingerprint density at radius 1 is 1.10 bits per heavy atom. The van der Waals surface area contributed by atoms with E-state index >= 15 is 0 Å². The zero-order chi connectivity index (χ0) is 22.4. The molecule has 162 valence electrons. The molecule has 1 aromatic heterocycles. The van der Waals surface area contributed by atoms with Crippen LogP contribution in [0.5, 0.6) is 0 Å². The molecule has 3 aromatic rings. The van der Waals surface area contributed by atoms with Gasteiger partial charge in [-0.1, -0.05) is 53.2 Å². The highest BCUT2D eigenvalue weighted by Gasteiger charge is 2.20. The van der Waals surface area contributed by atoms with Crippen LogP contribution < -0.4 is 10.6 Å². The maximum absolute atomic E-state index is 12.4. The minimum Gasteiger partial charge on any atom is -0.342 e. The first kappa shape index (κ1) is 23.1. The number of aromatic nitrogens is 3. The molecular formula is C21H21Cl2N5O2S. The first-order chi connectivity index (χ1) is 14.9. The average Bonchev–Trinajstić information content (AvgIpc) is 3.15. The van der Waals surface area contributed by atoms with E-state index in [1.165, 1.54) is 11.8 Å². The molecule has 0 spiro atoms. The fraction of sp³-hybridized carbons (Fsp3) is 0.238. The smallest absolute Gasteiger partial charge is 0.251 e. The van der Waals surface area contributed by atoms with Crippen LogP contribution in [0.15, 0.2) is 53.7 Å². The van der Waals surface area contributed by atoms with Crippen molar-refractivity contribution >= 4 is 52.5 Å². The SMILES string of the molecule is CCn1c(SCC(=O)Nc2cc(Cl)cc(Cl)c2)nnc1[C@@H](C)NC(=O)c1ccccc1. The van der Waals surface area contributed by atoms with Crippen molar-refractivity contribution in [3.63, 3.8) is 0 Å². The monoisotopic (exact) mass is 477 g/mol. The summed E-state index contributed by atoms with van der Waals surface area (Å²) in [7, 11) is 0. The van der Waals surface area contributed by atoms with Gasteiger partial charge < -0.3 is 15.2 Å². The van der Waals surface area contributed by atoms with Crippen LogP contribution >= 0.6 is 35.0 Å². The van der Waals surface area contributed by atoms with Crippen LogP contribution in [-0.4, -0.2) is 32.3 Å². The molecule has 31 heavy (non-hydrogen) atoms. The van der Waals surface area contributed by atoms with Crippen LogP contribution in [0.1, 0.15) is 36.1 Å². The first-order valence-corrected chi connectivity index (χ1v) is 11.3. The number of carbonyl (C=O) groups excluding carboxylic acids is 2. The van der Waals surface area contributed by atoms with Gasteiger partial charge in [0.2, 0.25) is 5.91 Å². The third-order valence-electron chi connectivity index (χ3n) is 4.31. The standard InChI is InChI=1S/C21H21Cl2N5O2S/c1-3-28-19(13(2)24-20(30)14-7-5-4-6-8-14)26-27-21(28)31-12-18(29)25-17-10-15(22)9-16(23)11-17/h4-11,13H,3,12H2,1-2H3,(H,24,30)(H,25,29)/t13-/m1/s1. The molecule has 2 N–H and O–H groups in total. The van der Waals surface area contributed by atoms with Gasteiger partial charge in [-0.05, 0) is 44.2 Å². The molecule has 2 amide bonds. The highest BCUT2D eigenvalue weighted by Crippen LogP contribution is 2.24. The topological polar surface area (TPSA) is 88.9 Å². The number of carbonyl (C=O) groups is 2. The normalized spacial score (nSPS) is 11.7. The number of benzene rings is 2. The van der Waals surface area contributed by atoms with Crippen molar-refractivity contribution in [2.24, 2.45) is 0 Å². The van der Waals surface area contributed by atoms with Gasteiger partial charge in [0.25, 0.3) is 5.91 Å². The van der Waals surface area contributed by atoms with Gasteiger partial charge in [0, 0.05) is 27.8 Å². The van der Waals surface area contributed by atoms with E-state index in [2.05, 4.69) is 20.8 Å². The minimum absolute atomic E-state index is 0.132. The van der Waals surface area contributed by atoms with Crippen molar-refractivity contribution in [3.05, 3.63) is 70.0 Å². The van der Waals surface area contributed by atoms with Crippen LogP contribution in [0.3, 0.4) is 0 Å². The quantitative estimate of drug-likeness (QED) is 0.453. The molecule has 2 aromatic carbocycles. The second-order valence-electron chi connectivity index (χ2n) is 6.64. The van der Waals surface area contributed by atoms with Gasteiger partial charge >= 0.3 is 0 Å². The number of anilines is 1. The lowest BCUT2D eigenvalue weighted by molar-refractivity contribution is -0.113. The van der Waals surface area contributed by atoms with Crippen LogP contribution in [0.25, 0.3) is 0 Å². The van der Waals surface area contributed by atoms with E-state index in [4.69, 9.17) is 23.2 Å². The predicted molar refractivity (Wildman–Crippen MR) is 124 cm³/mol. The Hall–Kier alpha value is -2.55. The highest BCUT2D eigenvalue weighted by atomic mass is 35.5. The molecule has 0 bridgehead atoms. The third-order valence-corrected chi connectivity index (χ3v) is 5.71. The number of hydrogen-bond donors (Lipinski definition) is 2. The largest absolute Gasteiger partial charge is 0.342 e. The van der Waals surface area contributed by atoms with Crippen LogP contribution in [0.2, 0.25) is 10.0 Å². The molecule has 7 nitrogen and oxygen atoms in total. The lowest BCUT2D eigenvalue weighted by Crippen LogP contribution is -2.28. The maximum Gasteiger partial charge on any atom is 0.251 e. The number of halogens is 2. The number of nitrogens with one attached hydrogen (secondary N) is 2. The summed E-state index contributed by atoms with van der Waals surface area (Å²) in [5, 5.41) is 15.6. The van der Waals surface area contributed by atoms with Gasteiger partial charge in [-0.15, -0.1) is 10.2 Å². The van der Waals surface area contributed by atoms with Crippen LogP contribution in [0, 0.1) is 0 Å². The number of rotatable bonds is 8. The van der Waals surface area contributed by atoms with Crippen molar-refractivity contribution in [1.82, 2.24) is 20.1 Å². The minimum atomic E-state index is -0.350. The zero-order valence-corrected chi connectivity index (χ0v) is 19.3. The summed E-state index contributed by atoms with van der Waals surface area (Å²) < 4.78 is 1.88. The molecule has 1 heterocycles. The molecule has 0 aliphatic carbocycles. The van der Waals surface area contributed by atoms with Crippen molar-refractivity contribution in [2.75, 3.05) is 11.1 Å². The molecule has 0 aliphatic heterocycles. The predicted octanol–water partition coefficient (Wildman–Crippen LogP) is 4.83. The molecule has 0 saturated heterocycles. The van der Waals surface area contributed by atoms with Gasteiger partial charge in [0.1, 0.15) is 0 Å². The molecule has 0 fully saturated rings.